The van der Waals surface area contributed by atoms with Crippen LogP contribution in [0.4, 0.5) is 18.9 Å². The fraction of sp³-hybridized carbons (Fsp3) is 0.417. The average Bonchev–Trinajstić information content (AvgIpc) is 3.35. The van der Waals surface area contributed by atoms with Gasteiger partial charge >= 0.3 is 0 Å². The molecule has 3 aliphatic heterocycles. The first kappa shape index (κ1) is 25.0. The lowest BCUT2D eigenvalue weighted by Gasteiger charge is -2.52. The minimum absolute atomic E-state index is 0.0102. The number of hydrogen-bond acceptors (Lipinski definition) is 7. The molecule has 0 atom stereocenters. The number of hydrogen-bond donors (Lipinski definition) is 3. The Bertz CT molecular complexity index is 1120. The van der Waals surface area contributed by atoms with Gasteiger partial charge in [-0.25, -0.2) is 13.2 Å². The number of rotatable bonds is 8. The third-order valence-electron chi connectivity index (χ3n) is 6.67. The molecule has 1 spiro atoms. The average molecular weight is 543 g/mol. The Hall–Kier alpha value is -1.72. The zero-order valence-corrected chi connectivity index (χ0v) is 21.3. The summed E-state index contributed by atoms with van der Waals surface area (Å²) in [5.41, 5.74) is 1.11. The van der Waals surface area contributed by atoms with Crippen molar-refractivity contribution in [1.29, 1.82) is 0 Å². The highest BCUT2D eigenvalue weighted by molar-refractivity contribution is 8.02. The van der Waals surface area contributed by atoms with Crippen LogP contribution in [-0.2, 0) is 17.8 Å². The van der Waals surface area contributed by atoms with E-state index >= 15 is 0 Å². The SMILES string of the molecule is Fc1cc(NCc2c(F)ccc(F)c2CN2CC3(CCOCC3)C2)c(Cl)cc1SNC1=CSCN1. The lowest BCUT2D eigenvalue weighted by atomic mass is 9.73. The van der Waals surface area contributed by atoms with Gasteiger partial charge in [0.05, 0.1) is 21.5 Å². The second kappa shape index (κ2) is 10.7. The smallest absolute Gasteiger partial charge is 0.140 e. The molecule has 3 heterocycles. The van der Waals surface area contributed by atoms with Crippen molar-refractivity contribution in [2.24, 2.45) is 5.41 Å². The first-order valence-electron chi connectivity index (χ1n) is 11.4. The molecule has 0 radical (unpaired) electrons. The predicted molar refractivity (Wildman–Crippen MR) is 136 cm³/mol. The van der Waals surface area contributed by atoms with Crippen LogP contribution in [0.3, 0.4) is 0 Å². The molecule has 3 aliphatic rings. The second-order valence-electron chi connectivity index (χ2n) is 9.08. The van der Waals surface area contributed by atoms with Crippen LogP contribution in [0.5, 0.6) is 0 Å². The van der Waals surface area contributed by atoms with E-state index in [-0.39, 0.29) is 17.5 Å². The molecule has 0 saturated carbocycles. The van der Waals surface area contributed by atoms with Gasteiger partial charge in [0.15, 0.2) is 0 Å². The monoisotopic (exact) mass is 542 g/mol. The summed E-state index contributed by atoms with van der Waals surface area (Å²) in [6.07, 6.45) is 2.01. The van der Waals surface area contributed by atoms with Crippen molar-refractivity contribution in [3.8, 4) is 0 Å². The van der Waals surface area contributed by atoms with Gasteiger partial charge in [0.2, 0.25) is 0 Å². The van der Waals surface area contributed by atoms with Crippen LogP contribution >= 0.6 is 35.3 Å². The summed E-state index contributed by atoms with van der Waals surface area (Å²) in [7, 11) is 0. The Kier molecular flexibility index (Phi) is 7.64. The fourth-order valence-corrected chi connectivity index (χ4v) is 6.42. The molecule has 11 heteroatoms. The largest absolute Gasteiger partial charge is 0.381 e. The number of thioether (sulfide) groups is 1. The molecule has 5 nitrogen and oxygen atoms in total. The maximum atomic E-state index is 14.8. The maximum absolute atomic E-state index is 14.8. The summed E-state index contributed by atoms with van der Waals surface area (Å²) in [5, 5.41) is 8.32. The molecular formula is C24H26ClF3N4OS2. The Labute approximate surface area is 216 Å². The Morgan fingerprint density at radius 3 is 2.54 bits per heavy atom. The van der Waals surface area contributed by atoms with Crippen LogP contribution < -0.4 is 15.4 Å². The molecule has 35 heavy (non-hydrogen) atoms. The number of halogens is 4. The summed E-state index contributed by atoms with van der Waals surface area (Å²) >= 11 is 9.10. The van der Waals surface area contributed by atoms with Gasteiger partial charge in [0.25, 0.3) is 0 Å². The second-order valence-corrected chi connectivity index (χ2v) is 11.2. The molecule has 0 aromatic heterocycles. The third-order valence-corrected chi connectivity index (χ3v) is 8.55. The zero-order chi connectivity index (χ0) is 24.4. The minimum atomic E-state index is -0.501. The van der Waals surface area contributed by atoms with Crippen LogP contribution in [0.25, 0.3) is 0 Å². The first-order chi connectivity index (χ1) is 16.9. The molecule has 0 aliphatic carbocycles. The van der Waals surface area contributed by atoms with Gasteiger partial charge < -0.3 is 20.1 Å². The van der Waals surface area contributed by atoms with Crippen LogP contribution in [0, 0.1) is 22.9 Å². The molecule has 2 fully saturated rings. The summed E-state index contributed by atoms with van der Waals surface area (Å²) in [5.74, 6) is 0.151. The highest BCUT2D eigenvalue weighted by Gasteiger charge is 2.43. The Balaban J connectivity index is 1.25. The molecule has 2 saturated heterocycles. The first-order valence-corrected chi connectivity index (χ1v) is 13.6. The topological polar surface area (TPSA) is 48.6 Å². The van der Waals surface area contributed by atoms with Crippen molar-refractivity contribution >= 4 is 41.0 Å². The highest BCUT2D eigenvalue weighted by atomic mass is 35.5. The molecule has 3 N–H and O–H groups in total. The molecule has 188 valence electrons. The van der Waals surface area contributed by atoms with E-state index in [0.717, 1.165) is 74.9 Å². The summed E-state index contributed by atoms with van der Waals surface area (Å²) in [4.78, 5) is 2.48. The molecule has 0 amide bonds. The molecule has 5 rings (SSSR count). The zero-order valence-electron chi connectivity index (χ0n) is 18.9. The van der Waals surface area contributed by atoms with Crippen LogP contribution in [0.15, 0.2) is 40.4 Å². The van der Waals surface area contributed by atoms with Crippen molar-refractivity contribution < 1.29 is 17.9 Å². The van der Waals surface area contributed by atoms with Crippen molar-refractivity contribution in [1.82, 2.24) is 14.9 Å². The van der Waals surface area contributed by atoms with E-state index in [1.165, 1.54) is 12.1 Å². The van der Waals surface area contributed by atoms with Crippen molar-refractivity contribution in [2.75, 3.05) is 37.5 Å². The normalized spacial score (nSPS) is 19.3. The molecule has 0 bridgehead atoms. The predicted octanol–water partition coefficient (Wildman–Crippen LogP) is 5.67. The lowest BCUT2D eigenvalue weighted by molar-refractivity contribution is -0.0842. The Morgan fingerprint density at radius 1 is 1.09 bits per heavy atom. The number of ether oxygens (including phenoxy) is 1. The maximum Gasteiger partial charge on any atom is 0.140 e. The van der Waals surface area contributed by atoms with E-state index < -0.39 is 17.5 Å². The molecule has 0 unspecified atom stereocenters. The highest BCUT2D eigenvalue weighted by Crippen LogP contribution is 2.41. The van der Waals surface area contributed by atoms with E-state index in [0.29, 0.717) is 27.7 Å². The summed E-state index contributed by atoms with van der Waals surface area (Å²) in [6, 6.07) is 5.08. The summed E-state index contributed by atoms with van der Waals surface area (Å²) < 4.78 is 52.7. The van der Waals surface area contributed by atoms with Gasteiger partial charge in [-0.1, -0.05) is 11.6 Å². The molecule has 2 aromatic rings. The molecule has 2 aromatic carbocycles. The van der Waals surface area contributed by atoms with Crippen molar-refractivity contribution in [3.05, 3.63) is 69.1 Å². The van der Waals surface area contributed by atoms with E-state index in [1.807, 2.05) is 5.41 Å². The van der Waals surface area contributed by atoms with Crippen LogP contribution in [0.2, 0.25) is 5.02 Å². The molecular weight excluding hydrogens is 517 g/mol. The number of likely N-dealkylation sites (tertiary alicyclic amines) is 1. The number of anilines is 1. The van der Waals surface area contributed by atoms with E-state index in [2.05, 4.69) is 20.3 Å². The van der Waals surface area contributed by atoms with Gasteiger partial charge in [-0.3, -0.25) is 4.90 Å². The van der Waals surface area contributed by atoms with Gasteiger partial charge in [-0.05, 0) is 49.1 Å². The fourth-order valence-electron chi connectivity index (χ4n) is 4.74. The standard InChI is InChI=1S/C24H26ClF3N4OS2/c25-17-7-22(35-31-23-11-34-14-30-23)20(28)8-21(17)29-9-15-16(19(27)2-1-18(15)26)10-32-12-24(13-32)3-5-33-6-4-24/h1-2,7-8,11,29-31H,3-6,9-10,12-14H2. The Morgan fingerprint density at radius 2 is 1.83 bits per heavy atom. The van der Waals surface area contributed by atoms with Crippen molar-refractivity contribution in [2.45, 2.75) is 30.8 Å². The quantitative estimate of drug-likeness (QED) is 0.371. The van der Waals surface area contributed by atoms with Gasteiger partial charge in [-0.2, -0.15) is 0 Å². The van der Waals surface area contributed by atoms with Gasteiger partial charge in [0, 0.05) is 61.3 Å². The van der Waals surface area contributed by atoms with E-state index in [9.17, 15) is 13.2 Å². The van der Waals surface area contributed by atoms with E-state index in [4.69, 9.17) is 16.3 Å². The lowest BCUT2D eigenvalue weighted by Crippen LogP contribution is -2.57. The number of benzene rings is 2. The minimum Gasteiger partial charge on any atom is -0.381 e. The van der Waals surface area contributed by atoms with Crippen LogP contribution in [0.1, 0.15) is 24.0 Å². The van der Waals surface area contributed by atoms with Gasteiger partial charge in [-0.15, -0.1) is 11.8 Å². The van der Waals surface area contributed by atoms with Crippen LogP contribution in [-0.4, -0.2) is 37.1 Å². The summed E-state index contributed by atoms with van der Waals surface area (Å²) in [6.45, 7) is 3.55. The van der Waals surface area contributed by atoms with E-state index in [1.54, 1.807) is 11.8 Å². The van der Waals surface area contributed by atoms with Crippen molar-refractivity contribution in [3.63, 3.8) is 0 Å². The number of nitrogens with zero attached hydrogens (tertiary/aromatic N) is 1. The van der Waals surface area contributed by atoms with Gasteiger partial charge in [0.1, 0.15) is 23.3 Å². The third kappa shape index (κ3) is 5.67. The number of nitrogens with one attached hydrogen (secondary N) is 3.